The summed E-state index contributed by atoms with van der Waals surface area (Å²) in [7, 11) is 0. The third kappa shape index (κ3) is 2.63. The van der Waals surface area contributed by atoms with Gasteiger partial charge < -0.3 is 11.5 Å². The first-order chi connectivity index (χ1) is 11.0. The molecule has 120 valence electrons. The van der Waals surface area contributed by atoms with Gasteiger partial charge in [-0.1, -0.05) is 17.7 Å². The zero-order valence-corrected chi connectivity index (χ0v) is 13.3. The van der Waals surface area contributed by atoms with E-state index in [1.54, 1.807) is 18.3 Å². The number of nitrogens with two attached hydrogens (primary N) is 2. The molecule has 23 heavy (non-hydrogen) atoms. The number of fused-ring (bicyclic) bond motifs is 1. The third-order valence-corrected chi connectivity index (χ3v) is 5.22. The van der Waals surface area contributed by atoms with E-state index in [1.807, 2.05) is 12.1 Å². The summed E-state index contributed by atoms with van der Waals surface area (Å²) in [5, 5.41) is 0.649. The van der Waals surface area contributed by atoms with Crippen LogP contribution >= 0.6 is 11.6 Å². The molecule has 0 spiro atoms. The molecule has 2 aliphatic rings. The summed E-state index contributed by atoms with van der Waals surface area (Å²) in [5.41, 5.74) is 12.8. The fourth-order valence-electron chi connectivity index (χ4n) is 3.46. The second-order valence-corrected chi connectivity index (χ2v) is 6.79. The van der Waals surface area contributed by atoms with Crippen LogP contribution in [0.1, 0.15) is 5.56 Å². The number of aromatic nitrogens is 2. The van der Waals surface area contributed by atoms with Gasteiger partial charge in [-0.25, -0.2) is 4.79 Å². The van der Waals surface area contributed by atoms with Gasteiger partial charge in [0.1, 0.15) is 5.82 Å². The van der Waals surface area contributed by atoms with Crippen molar-refractivity contribution in [3.8, 4) is 5.69 Å². The summed E-state index contributed by atoms with van der Waals surface area (Å²) >= 11 is 6.41. The van der Waals surface area contributed by atoms with Crippen molar-refractivity contribution in [2.24, 2.45) is 17.6 Å². The van der Waals surface area contributed by atoms with Gasteiger partial charge in [0.05, 0.1) is 5.69 Å². The Balaban J connectivity index is 1.54. The molecule has 0 radical (unpaired) electrons. The fourth-order valence-corrected chi connectivity index (χ4v) is 3.69. The van der Waals surface area contributed by atoms with Crippen LogP contribution < -0.4 is 17.2 Å². The number of hydrogen-bond acceptors (Lipinski definition) is 5. The maximum absolute atomic E-state index is 11.9. The van der Waals surface area contributed by atoms with Gasteiger partial charge in [-0.05, 0) is 35.6 Å². The van der Waals surface area contributed by atoms with E-state index in [-0.39, 0.29) is 5.82 Å². The summed E-state index contributed by atoms with van der Waals surface area (Å²) in [6.07, 6.45) is 1.60. The Morgan fingerprint density at radius 2 is 2.00 bits per heavy atom. The Labute approximate surface area is 138 Å². The lowest BCUT2D eigenvalue weighted by molar-refractivity contribution is 0.290. The molecule has 2 atom stereocenters. The van der Waals surface area contributed by atoms with Gasteiger partial charge in [0.2, 0.25) is 0 Å². The lowest BCUT2D eigenvalue weighted by atomic mass is 10.2. The first kappa shape index (κ1) is 14.7. The molecule has 6 nitrogen and oxygen atoms in total. The van der Waals surface area contributed by atoms with Crippen LogP contribution in [0.2, 0.25) is 5.02 Å². The molecule has 7 heteroatoms. The van der Waals surface area contributed by atoms with Gasteiger partial charge in [-0.3, -0.25) is 9.47 Å². The van der Waals surface area contributed by atoms with Crippen LogP contribution in [0.5, 0.6) is 0 Å². The summed E-state index contributed by atoms with van der Waals surface area (Å²) in [4.78, 5) is 18.0. The van der Waals surface area contributed by atoms with Crippen molar-refractivity contribution in [1.29, 1.82) is 0 Å². The highest BCUT2D eigenvalue weighted by Crippen LogP contribution is 2.44. The minimum absolute atomic E-state index is 0.208. The van der Waals surface area contributed by atoms with Crippen LogP contribution in [-0.2, 0) is 6.54 Å². The highest BCUT2D eigenvalue weighted by atomic mass is 35.5. The minimum atomic E-state index is -0.414. The van der Waals surface area contributed by atoms with Gasteiger partial charge in [-0.15, -0.1) is 0 Å². The summed E-state index contributed by atoms with van der Waals surface area (Å²) in [6.45, 7) is 2.91. The minimum Gasteiger partial charge on any atom is -0.383 e. The normalized spacial score (nSPS) is 26.3. The number of halogens is 1. The van der Waals surface area contributed by atoms with Crippen LogP contribution in [0.4, 0.5) is 5.82 Å². The molecular formula is C16H18ClN5O. The van der Waals surface area contributed by atoms with Crippen LogP contribution in [0.25, 0.3) is 5.69 Å². The maximum Gasteiger partial charge on any atom is 0.354 e. The van der Waals surface area contributed by atoms with Gasteiger partial charge in [0, 0.05) is 36.9 Å². The van der Waals surface area contributed by atoms with E-state index in [2.05, 4.69) is 9.88 Å². The van der Waals surface area contributed by atoms with Crippen molar-refractivity contribution in [1.82, 2.24) is 14.5 Å². The lowest BCUT2D eigenvalue weighted by Gasteiger charge is -2.19. The van der Waals surface area contributed by atoms with Gasteiger partial charge in [0.25, 0.3) is 0 Å². The van der Waals surface area contributed by atoms with Gasteiger partial charge in [-0.2, -0.15) is 4.98 Å². The number of nitrogens with zero attached hydrogens (tertiary/aromatic N) is 3. The molecule has 0 bridgehead atoms. The van der Waals surface area contributed by atoms with Crippen LogP contribution in [-0.4, -0.2) is 33.6 Å². The molecule has 4 rings (SSSR count). The second-order valence-electron chi connectivity index (χ2n) is 6.38. The van der Waals surface area contributed by atoms with Crippen LogP contribution in [0, 0.1) is 11.8 Å². The summed E-state index contributed by atoms with van der Waals surface area (Å²) in [5.74, 6) is 1.53. The predicted octanol–water partition coefficient (Wildman–Crippen LogP) is 0.857. The Kier molecular flexibility index (Phi) is 3.41. The zero-order chi connectivity index (χ0) is 16.1. The highest BCUT2D eigenvalue weighted by Gasteiger charge is 2.53. The standard InChI is InChI=1S/C16H18ClN5O/c17-13-5-10(22-4-3-14(18)20-16(22)23)2-1-9(13)6-21-7-11-12(8-21)15(11)19/h1-5,11-12,15H,6-8,19H2,(H2,18,20,23). The first-order valence-corrected chi connectivity index (χ1v) is 8.02. The van der Waals surface area contributed by atoms with Crippen molar-refractivity contribution in [2.75, 3.05) is 18.8 Å². The molecule has 4 N–H and O–H groups in total. The van der Waals surface area contributed by atoms with E-state index in [0.717, 1.165) is 25.2 Å². The molecule has 1 saturated heterocycles. The van der Waals surface area contributed by atoms with Crippen molar-refractivity contribution in [2.45, 2.75) is 12.6 Å². The van der Waals surface area contributed by atoms with E-state index >= 15 is 0 Å². The second kappa shape index (κ2) is 5.33. The molecule has 2 unspecified atom stereocenters. The first-order valence-electron chi connectivity index (χ1n) is 7.65. The average Bonchev–Trinajstić information content (AvgIpc) is 2.94. The average molecular weight is 332 g/mol. The maximum atomic E-state index is 11.9. The SMILES string of the molecule is Nc1ccn(-c2ccc(CN3CC4C(N)C4C3)c(Cl)c2)c(=O)n1. The van der Waals surface area contributed by atoms with Crippen LogP contribution in [0.15, 0.2) is 35.3 Å². The summed E-state index contributed by atoms with van der Waals surface area (Å²) in [6, 6.07) is 7.61. The molecule has 1 aliphatic heterocycles. The Hall–Kier alpha value is -1.89. The van der Waals surface area contributed by atoms with Crippen molar-refractivity contribution in [3.63, 3.8) is 0 Å². The Morgan fingerprint density at radius 3 is 2.65 bits per heavy atom. The molecule has 1 aromatic carbocycles. The number of hydrogen-bond donors (Lipinski definition) is 2. The van der Waals surface area contributed by atoms with Crippen molar-refractivity contribution >= 4 is 17.4 Å². The number of piperidine rings is 1. The monoisotopic (exact) mass is 331 g/mol. The van der Waals surface area contributed by atoms with Crippen LogP contribution in [0.3, 0.4) is 0 Å². The number of anilines is 1. The predicted molar refractivity (Wildman–Crippen MR) is 89.5 cm³/mol. The Morgan fingerprint density at radius 1 is 1.26 bits per heavy atom. The smallest absolute Gasteiger partial charge is 0.354 e. The molecule has 2 aromatic rings. The van der Waals surface area contributed by atoms with Gasteiger partial charge >= 0.3 is 5.69 Å². The zero-order valence-electron chi connectivity index (χ0n) is 12.5. The number of rotatable bonds is 3. The highest BCUT2D eigenvalue weighted by molar-refractivity contribution is 6.31. The molecule has 2 fully saturated rings. The number of nitrogen functional groups attached to an aromatic ring is 1. The topological polar surface area (TPSA) is 90.2 Å². The molecule has 0 amide bonds. The van der Waals surface area contributed by atoms with E-state index in [0.29, 0.717) is 28.6 Å². The fraction of sp³-hybridized carbons (Fsp3) is 0.375. The van der Waals surface area contributed by atoms with Crippen molar-refractivity contribution < 1.29 is 0 Å². The third-order valence-electron chi connectivity index (χ3n) is 4.87. The van der Waals surface area contributed by atoms with E-state index in [9.17, 15) is 4.79 Å². The van der Waals surface area contributed by atoms with Gasteiger partial charge in [0.15, 0.2) is 0 Å². The van der Waals surface area contributed by atoms with Crippen molar-refractivity contribution in [3.05, 3.63) is 51.5 Å². The molecule has 2 heterocycles. The Bertz CT molecular complexity index is 808. The summed E-state index contributed by atoms with van der Waals surface area (Å²) < 4.78 is 1.43. The number of likely N-dealkylation sites (tertiary alicyclic amines) is 1. The lowest BCUT2D eigenvalue weighted by Crippen LogP contribution is -2.28. The van der Waals surface area contributed by atoms with E-state index in [1.165, 1.54) is 4.57 Å². The molecule has 1 aromatic heterocycles. The largest absolute Gasteiger partial charge is 0.383 e. The molecular weight excluding hydrogens is 314 g/mol. The van der Waals surface area contributed by atoms with E-state index < -0.39 is 5.69 Å². The molecule has 1 saturated carbocycles. The van der Waals surface area contributed by atoms with E-state index in [4.69, 9.17) is 23.1 Å². The molecule has 1 aliphatic carbocycles. The number of benzene rings is 1. The quantitative estimate of drug-likeness (QED) is 0.870.